The van der Waals surface area contributed by atoms with Crippen molar-refractivity contribution >= 4 is 22.1 Å². The van der Waals surface area contributed by atoms with E-state index in [1.807, 2.05) is 0 Å². The molecule has 0 saturated carbocycles. The van der Waals surface area contributed by atoms with Crippen molar-refractivity contribution in [3.63, 3.8) is 0 Å². The largest absolute Gasteiger partial charge is 1.00 e. The normalized spacial score (nSPS) is 9.26. The molecule has 0 aromatic heterocycles. The van der Waals surface area contributed by atoms with Gasteiger partial charge in [-0.15, -0.1) is 0 Å². The van der Waals surface area contributed by atoms with Crippen LogP contribution in [0.1, 0.15) is 0 Å². The van der Waals surface area contributed by atoms with Gasteiger partial charge in [0.25, 0.3) is 11.4 Å². The topological polar surface area (TPSA) is 141 Å². The Hall–Kier alpha value is -1.74. The van der Waals surface area contributed by atoms with Crippen molar-refractivity contribution in [3.8, 4) is 5.75 Å². The van der Waals surface area contributed by atoms with Gasteiger partial charge in [0.2, 0.25) is 0 Å². The molecule has 94 valence electrons. The summed E-state index contributed by atoms with van der Waals surface area (Å²) in [6, 6.07) is 6.44. The molecular weight excluding hydrogens is 267 g/mol. The average Bonchev–Trinajstić information content (AvgIpc) is 2.29. The van der Waals surface area contributed by atoms with Gasteiger partial charge in [0.1, 0.15) is 0 Å². The second kappa shape index (κ2) is 6.43. The Morgan fingerprint density at radius 3 is 1.84 bits per heavy atom. The maximum absolute atomic E-state index is 11.7. The van der Waals surface area contributed by atoms with Crippen molar-refractivity contribution in [1.82, 2.24) is 0 Å². The molecule has 0 aliphatic carbocycles. The summed E-state index contributed by atoms with van der Waals surface area (Å²) in [5, 5.41) is 33.2. The summed E-state index contributed by atoms with van der Waals surface area (Å²) < 4.78 is 0. The maximum Gasteiger partial charge on any atom is 1.00 e. The predicted octanol–water partition coefficient (Wildman–Crippen LogP) is -2.09. The quantitative estimate of drug-likeness (QED) is 0.350. The van der Waals surface area contributed by atoms with Crippen LogP contribution < -0.4 is 34.7 Å². The number of nitro benzene ring substituents is 2. The number of fused-ring (bicyclic) bond motifs is 1. The molecule has 2 N–H and O–H groups in total. The fourth-order valence-corrected chi connectivity index (χ4v) is 1.60. The van der Waals surface area contributed by atoms with Crippen molar-refractivity contribution in [3.05, 3.63) is 50.6 Å². The third-order valence-electron chi connectivity index (χ3n) is 2.35. The van der Waals surface area contributed by atoms with Gasteiger partial charge in [-0.2, -0.15) is 0 Å². The molecule has 0 aliphatic heterocycles. The third kappa shape index (κ3) is 2.99. The molecule has 0 bridgehead atoms. The molecule has 0 saturated heterocycles. The zero-order valence-corrected chi connectivity index (χ0v) is 11.8. The number of hydrogen-bond acceptors (Lipinski definition) is 5. The van der Waals surface area contributed by atoms with E-state index in [9.17, 15) is 25.3 Å². The minimum Gasteiger partial charge on any atom is -0.867 e. The minimum absolute atomic E-state index is 0. The molecule has 0 aliphatic rings. The Morgan fingerprint density at radius 1 is 0.895 bits per heavy atom. The second-order valence-electron chi connectivity index (χ2n) is 3.30. The Labute approximate surface area is 128 Å². The van der Waals surface area contributed by atoms with Crippen molar-refractivity contribution in [2.24, 2.45) is 0 Å². The number of hydrogen-bond donors (Lipinski definition) is 0. The van der Waals surface area contributed by atoms with E-state index in [1.165, 1.54) is 24.3 Å². The Balaban J connectivity index is 0.00000162. The Kier molecular flexibility index (Phi) is 5.84. The molecule has 19 heavy (non-hydrogen) atoms. The van der Waals surface area contributed by atoms with E-state index in [4.69, 9.17) is 0 Å². The Bertz CT molecular complexity index is 645. The molecule has 0 heterocycles. The first-order valence-corrected chi connectivity index (χ1v) is 4.54. The van der Waals surface area contributed by atoms with Gasteiger partial charge in [-0.25, -0.2) is 0 Å². The van der Waals surface area contributed by atoms with Crippen molar-refractivity contribution in [1.29, 1.82) is 0 Å². The molecule has 2 rings (SSSR count). The van der Waals surface area contributed by atoms with E-state index in [2.05, 4.69) is 0 Å². The fraction of sp³-hybridized carbons (Fsp3) is 0. The summed E-state index contributed by atoms with van der Waals surface area (Å²) in [5.74, 6) is -0.809. The minimum atomic E-state index is -0.915. The van der Waals surface area contributed by atoms with Gasteiger partial charge in [0.05, 0.1) is 21.3 Å². The standard InChI is InChI=1S/C10H6N2O5.Na.H2O/c13-10-7-4-2-1-3-6(7)8(11(14)15)5-9(10)12(16)17;;/h1-5,13H;;1H2/q;+1;/p-1. The number of non-ortho nitro benzene ring substituents is 1. The van der Waals surface area contributed by atoms with Gasteiger partial charge in [-0.3, -0.25) is 20.2 Å². The molecule has 8 nitrogen and oxygen atoms in total. The van der Waals surface area contributed by atoms with Crippen LogP contribution in [0.2, 0.25) is 0 Å². The molecule has 0 atom stereocenters. The third-order valence-corrected chi connectivity index (χ3v) is 2.35. The molecule has 0 spiro atoms. The van der Waals surface area contributed by atoms with Gasteiger partial charge in [0.15, 0.2) is 0 Å². The van der Waals surface area contributed by atoms with E-state index in [-0.39, 0.29) is 45.8 Å². The second-order valence-corrected chi connectivity index (χ2v) is 3.30. The van der Waals surface area contributed by atoms with Gasteiger partial charge in [0, 0.05) is 0 Å². The molecular formula is C10H7N2NaO6. The van der Waals surface area contributed by atoms with Crippen LogP contribution in [0.5, 0.6) is 5.75 Å². The summed E-state index contributed by atoms with van der Waals surface area (Å²) in [6.45, 7) is 0. The number of benzene rings is 2. The summed E-state index contributed by atoms with van der Waals surface area (Å²) >= 11 is 0. The molecule has 0 unspecified atom stereocenters. The Morgan fingerprint density at radius 2 is 1.37 bits per heavy atom. The van der Waals surface area contributed by atoms with Crippen LogP contribution in [0.3, 0.4) is 0 Å². The summed E-state index contributed by atoms with van der Waals surface area (Å²) in [7, 11) is 0. The van der Waals surface area contributed by atoms with Gasteiger partial charge in [-0.05, 0) is 17.2 Å². The number of rotatable bonds is 2. The molecule has 0 amide bonds. The molecule has 2 aromatic rings. The van der Waals surface area contributed by atoms with E-state index in [0.717, 1.165) is 0 Å². The SMILES string of the molecule is O.O=[N+]([O-])c1cc([N+](=O)[O-])c2ccccc2c1[O-].[Na+]. The van der Waals surface area contributed by atoms with Crippen LogP contribution in [0.15, 0.2) is 30.3 Å². The van der Waals surface area contributed by atoms with E-state index in [1.54, 1.807) is 0 Å². The van der Waals surface area contributed by atoms with Gasteiger partial charge >= 0.3 is 29.6 Å². The van der Waals surface area contributed by atoms with Crippen LogP contribution in [0.4, 0.5) is 11.4 Å². The van der Waals surface area contributed by atoms with Crippen molar-refractivity contribution in [2.75, 3.05) is 0 Å². The van der Waals surface area contributed by atoms with Crippen molar-refractivity contribution in [2.45, 2.75) is 0 Å². The first-order valence-electron chi connectivity index (χ1n) is 4.54. The molecule has 2 aromatic carbocycles. The average molecular weight is 274 g/mol. The molecule has 0 fully saturated rings. The maximum atomic E-state index is 11.7. The summed E-state index contributed by atoms with van der Waals surface area (Å²) in [6.07, 6.45) is 0. The monoisotopic (exact) mass is 274 g/mol. The molecule has 9 heteroatoms. The predicted molar refractivity (Wildman–Crippen MR) is 60.3 cm³/mol. The smallest absolute Gasteiger partial charge is 0.867 e. The van der Waals surface area contributed by atoms with Crippen LogP contribution in [0, 0.1) is 20.2 Å². The van der Waals surface area contributed by atoms with E-state index >= 15 is 0 Å². The summed E-state index contributed by atoms with van der Waals surface area (Å²) in [4.78, 5) is 19.7. The van der Waals surface area contributed by atoms with Gasteiger partial charge < -0.3 is 10.6 Å². The zero-order chi connectivity index (χ0) is 12.6. The van der Waals surface area contributed by atoms with Crippen LogP contribution in [0.25, 0.3) is 10.8 Å². The number of nitro groups is 2. The number of nitrogens with zero attached hydrogens (tertiary/aromatic N) is 2. The van der Waals surface area contributed by atoms with E-state index in [0.29, 0.717) is 6.07 Å². The first-order chi connectivity index (χ1) is 8.02. The van der Waals surface area contributed by atoms with Crippen LogP contribution >= 0.6 is 0 Å². The van der Waals surface area contributed by atoms with Crippen LogP contribution in [-0.2, 0) is 0 Å². The van der Waals surface area contributed by atoms with Crippen molar-refractivity contribution < 1.29 is 50.0 Å². The first kappa shape index (κ1) is 17.3. The zero-order valence-electron chi connectivity index (χ0n) is 9.82. The summed E-state index contributed by atoms with van der Waals surface area (Å²) in [5.41, 5.74) is -1.22. The van der Waals surface area contributed by atoms with Gasteiger partial charge in [-0.1, -0.05) is 18.2 Å². The fourth-order valence-electron chi connectivity index (χ4n) is 1.60. The molecule has 0 radical (unpaired) electrons. The van der Waals surface area contributed by atoms with E-state index < -0.39 is 27.0 Å². The van der Waals surface area contributed by atoms with Crippen LogP contribution in [-0.4, -0.2) is 15.3 Å².